The van der Waals surface area contributed by atoms with Crippen LogP contribution >= 0.6 is 0 Å². The largest absolute Gasteiger partial charge is 0.312 e. The summed E-state index contributed by atoms with van der Waals surface area (Å²) in [4.78, 5) is 0. The molecule has 1 rings (SSSR count). The van der Waals surface area contributed by atoms with Crippen molar-refractivity contribution in [2.24, 2.45) is 11.5 Å². The average Bonchev–Trinajstić information content (AvgIpc) is 1.90. The van der Waals surface area contributed by atoms with Crippen LogP contribution in [0.15, 0.2) is 24.3 Å². The standard InChI is InChI=1S/C7H9N2/c8-7(9)6-4-2-1-3-5-6/h2-5,7H,8-9H2. The molecular weight excluding hydrogens is 112 g/mol. The molecular formula is C7H9N2. The highest BCUT2D eigenvalue weighted by molar-refractivity contribution is 5.16. The van der Waals surface area contributed by atoms with E-state index in [1.54, 1.807) is 12.1 Å². The molecule has 2 heteroatoms. The zero-order chi connectivity index (χ0) is 6.69. The first-order valence-electron chi connectivity index (χ1n) is 2.78. The third-order valence-corrected chi connectivity index (χ3v) is 1.13. The second-order valence-electron chi connectivity index (χ2n) is 1.86. The van der Waals surface area contributed by atoms with Gasteiger partial charge < -0.3 is 11.5 Å². The Hall–Kier alpha value is -0.860. The van der Waals surface area contributed by atoms with Crippen molar-refractivity contribution in [2.75, 3.05) is 0 Å². The molecule has 1 aromatic carbocycles. The molecule has 0 unspecified atom stereocenters. The topological polar surface area (TPSA) is 52.0 Å². The van der Waals surface area contributed by atoms with E-state index >= 15 is 0 Å². The Morgan fingerprint density at radius 1 is 1.22 bits per heavy atom. The van der Waals surface area contributed by atoms with Gasteiger partial charge >= 0.3 is 0 Å². The van der Waals surface area contributed by atoms with Crippen LogP contribution in [0.3, 0.4) is 0 Å². The van der Waals surface area contributed by atoms with Crippen molar-refractivity contribution in [3.05, 3.63) is 35.9 Å². The molecule has 0 saturated carbocycles. The van der Waals surface area contributed by atoms with Gasteiger partial charge in [0.05, 0.1) is 6.17 Å². The summed E-state index contributed by atoms with van der Waals surface area (Å²) in [7, 11) is 0. The smallest absolute Gasteiger partial charge is 0.0784 e. The Balaban J connectivity index is 2.85. The number of hydrogen-bond acceptors (Lipinski definition) is 2. The number of rotatable bonds is 1. The molecule has 0 atom stereocenters. The fraction of sp³-hybridized carbons (Fsp3) is 0.143. The minimum Gasteiger partial charge on any atom is -0.312 e. The predicted molar refractivity (Wildman–Crippen MR) is 36.4 cm³/mol. The van der Waals surface area contributed by atoms with Crippen molar-refractivity contribution in [3.63, 3.8) is 0 Å². The molecule has 0 saturated heterocycles. The summed E-state index contributed by atoms with van der Waals surface area (Å²) in [5.74, 6) is 0. The lowest BCUT2D eigenvalue weighted by Gasteiger charge is -2.02. The van der Waals surface area contributed by atoms with Crippen molar-refractivity contribution in [3.8, 4) is 0 Å². The lowest BCUT2D eigenvalue weighted by atomic mass is 10.2. The molecule has 0 aromatic heterocycles. The van der Waals surface area contributed by atoms with Gasteiger partial charge in [-0.3, -0.25) is 0 Å². The molecule has 0 aliphatic rings. The van der Waals surface area contributed by atoms with Gasteiger partial charge in [0.2, 0.25) is 0 Å². The Morgan fingerprint density at radius 2 is 1.78 bits per heavy atom. The van der Waals surface area contributed by atoms with Crippen LogP contribution in [0.5, 0.6) is 0 Å². The molecule has 0 spiro atoms. The van der Waals surface area contributed by atoms with Gasteiger partial charge in [-0.15, -0.1) is 0 Å². The molecule has 2 nitrogen and oxygen atoms in total. The first-order valence-corrected chi connectivity index (χ1v) is 2.78. The van der Waals surface area contributed by atoms with Crippen LogP contribution in [-0.4, -0.2) is 0 Å². The first-order chi connectivity index (χ1) is 4.30. The van der Waals surface area contributed by atoms with Crippen LogP contribution in [0, 0.1) is 6.07 Å². The van der Waals surface area contributed by atoms with E-state index in [9.17, 15) is 0 Å². The van der Waals surface area contributed by atoms with Gasteiger partial charge in [-0.1, -0.05) is 24.3 Å². The molecule has 0 bridgehead atoms. The van der Waals surface area contributed by atoms with Crippen molar-refractivity contribution in [1.29, 1.82) is 0 Å². The lowest BCUT2D eigenvalue weighted by Crippen LogP contribution is -2.19. The number of hydrogen-bond donors (Lipinski definition) is 2. The molecule has 0 amide bonds. The van der Waals surface area contributed by atoms with Crippen molar-refractivity contribution in [2.45, 2.75) is 6.17 Å². The summed E-state index contributed by atoms with van der Waals surface area (Å²) in [6.45, 7) is 0. The number of benzene rings is 1. The SMILES string of the molecule is NC(N)c1cc[c]cc1. The van der Waals surface area contributed by atoms with Crippen LogP contribution in [0.4, 0.5) is 0 Å². The van der Waals surface area contributed by atoms with E-state index in [0.717, 1.165) is 5.56 Å². The van der Waals surface area contributed by atoms with E-state index in [2.05, 4.69) is 6.07 Å². The monoisotopic (exact) mass is 121 g/mol. The quantitative estimate of drug-likeness (QED) is 0.528. The normalized spacial score (nSPS) is 10.1. The van der Waals surface area contributed by atoms with E-state index in [4.69, 9.17) is 11.5 Å². The highest BCUT2D eigenvalue weighted by Crippen LogP contribution is 2.01. The van der Waals surface area contributed by atoms with Crippen LogP contribution in [0.1, 0.15) is 11.7 Å². The van der Waals surface area contributed by atoms with Gasteiger partial charge in [-0.05, 0) is 11.6 Å². The van der Waals surface area contributed by atoms with E-state index in [0.29, 0.717) is 0 Å². The van der Waals surface area contributed by atoms with E-state index < -0.39 is 0 Å². The Labute approximate surface area is 54.5 Å². The van der Waals surface area contributed by atoms with Crippen molar-refractivity contribution in [1.82, 2.24) is 0 Å². The van der Waals surface area contributed by atoms with Gasteiger partial charge in [0.15, 0.2) is 0 Å². The Kier molecular flexibility index (Phi) is 1.82. The molecule has 0 heterocycles. The van der Waals surface area contributed by atoms with Gasteiger partial charge in [0, 0.05) is 0 Å². The molecule has 0 aliphatic heterocycles. The zero-order valence-electron chi connectivity index (χ0n) is 5.04. The summed E-state index contributed by atoms with van der Waals surface area (Å²) in [5.41, 5.74) is 11.7. The fourth-order valence-electron chi connectivity index (χ4n) is 0.622. The van der Waals surface area contributed by atoms with Crippen LogP contribution < -0.4 is 11.5 Å². The third kappa shape index (κ3) is 1.52. The molecule has 4 N–H and O–H groups in total. The summed E-state index contributed by atoms with van der Waals surface area (Å²) < 4.78 is 0. The maximum atomic E-state index is 5.38. The molecule has 0 aliphatic carbocycles. The van der Waals surface area contributed by atoms with E-state index in [1.807, 2.05) is 12.1 Å². The summed E-state index contributed by atoms with van der Waals surface area (Å²) in [6, 6.07) is 10.2. The Morgan fingerprint density at radius 3 is 2.11 bits per heavy atom. The minimum atomic E-state index is -0.361. The second kappa shape index (κ2) is 2.62. The summed E-state index contributed by atoms with van der Waals surface area (Å²) in [6.07, 6.45) is -0.361. The maximum absolute atomic E-state index is 5.38. The molecule has 47 valence electrons. The first kappa shape index (κ1) is 6.26. The predicted octanol–water partition coefficient (Wildman–Crippen LogP) is 0.403. The maximum Gasteiger partial charge on any atom is 0.0784 e. The average molecular weight is 121 g/mol. The zero-order valence-corrected chi connectivity index (χ0v) is 5.04. The third-order valence-electron chi connectivity index (χ3n) is 1.13. The highest BCUT2D eigenvalue weighted by Gasteiger charge is 1.93. The minimum absolute atomic E-state index is 0.361. The van der Waals surface area contributed by atoms with Gasteiger partial charge in [-0.25, -0.2) is 0 Å². The number of nitrogens with two attached hydrogens (primary N) is 2. The fourth-order valence-corrected chi connectivity index (χ4v) is 0.622. The van der Waals surface area contributed by atoms with Gasteiger partial charge in [0.25, 0.3) is 0 Å². The highest BCUT2D eigenvalue weighted by atomic mass is 14.8. The lowest BCUT2D eigenvalue weighted by molar-refractivity contribution is 0.774. The second-order valence-corrected chi connectivity index (χ2v) is 1.86. The van der Waals surface area contributed by atoms with Gasteiger partial charge in [0.1, 0.15) is 0 Å². The summed E-state index contributed by atoms with van der Waals surface area (Å²) >= 11 is 0. The molecule has 0 fully saturated rings. The molecule has 1 radical (unpaired) electrons. The van der Waals surface area contributed by atoms with Crippen LogP contribution in [0.25, 0.3) is 0 Å². The summed E-state index contributed by atoms with van der Waals surface area (Å²) in [5, 5.41) is 0. The van der Waals surface area contributed by atoms with Crippen LogP contribution in [0.2, 0.25) is 0 Å². The van der Waals surface area contributed by atoms with Crippen molar-refractivity contribution >= 4 is 0 Å². The van der Waals surface area contributed by atoms with Gasteiger partial charge in [-0.2, -0.15) is 0 Å². The van der Waals surface area contributed by atoms with E-state index in [1.165, 1.54) is 0 Å². The molecule has 9 heavy (non-hydrogen) atoms. The van der Waals surface area contributed by atoms with E-state index in [-0.39, 0.29) is 6.17 Å². The molecule has 1 aromatic rings. The van der Waals surface area contributed by atoms with Crippen molar-refractivity contribution < 1.29 is 0 Å². The van der Waals surface area contributed by atoms with Crippen LogP contribution in [-0.2, 0) is 0 Å². The Bertz CT molecular complexity index is 170.